The van der Waals surface area contributed by atoms with E-state index in [1.165, 1.54) is 0 Å². The van der Waals surface area contributed by atoms with Crippen molar-refractivity contribution < 1.29 is 4.79 Å². The van der Waals surface area contributed by atoms with E-state index in [1.54, 1.807) is 11.8 Å². The smallest absolute Gasteiger partial charge is 0.225 e. The van der Waals surface area contributed by atoms with E-state index in [1.807, 2.05) is 32.0 Å². The summed E-state index contributed by atoms with van der Waals surface area (Å²) in [4.78, 5) is 14.9. The number of allylic oxidation sites excluding steroid dienone is 1. The highest BCUT2D eigenvalue weighted by atomic mass is 16.2. The van der Waals surface area contributed by atoms with E-state index in [4.69, 9.17) is 0 Å². The molecule has 0 aromatic carbocycles. The first-order valence-corrected chi connectivity index (χ1v) is 3.74. The summed E-state index contributed by atoms with van der Waals surface area (Å²) in [6.07, 6.45) is 2.15. The van der Waals surface area contributed by atoms with Crippen molar-refractivity contribution in [2.24, 2.45) is 0 Å². The maximum atomic E-state index is 11.1. The van der Waals surface area contributed by atoms with Gasteiger partial charge in [0.15, 0.2) is 0 Å². The average molecular weight is 154 g/mol. The van der Waals surface area contributed by atoms with Crippen LogP contribution in [0.15, 0.2) is 11.9 Å². The van der Waals surface area contributed by atoms with Gasteiger partial charge >= 0.3 is 0 Å². The van der Waals surface area contributed by atoms with Gasteiger partial charge in [0.2, 0.25) is 5.91 Å². The quantitative estimate of drug-likeness (QED) is 0.519. The van der Waals surface area contributed by atoms with Gasteiger partial charge in [0.05, 0.1) is 0 Å². The molecule has 1 atom stereocenters. The molecule has 11 heavy (non-hydrogen) atoms. The van der Waals surface area contributed by atoms with E-state index in [0.717, 1.165) is 5.70 Å². The molecule has 0 aromatic heterocycles. The molecule has 1 aliphatic heterocycles. The second-order valence-corrected chi connectivity index (χ2v) is 2.96. The molecule has 0 bridgehead atoms. The zero-order chi connectivity index (χ0) is 8.59. The van der Waals surface area contributed by atoms with Crippen LogP contribution < -0.4 is 0 Å². The van der Waals surface area contributed by atoms with Gasteiger partial charge in [0, 0.05) is 25.9 Å². The Kier molecular flexibility index (Phi) is 1.89. The Hall–Kier alpha value is -0.990. The molecule has 62 valence electrons. The molecular formula is C8H14N2O. The van der Waals surface area contributed by atoms with Crippen molar-refractivity contribution in [2.45, 2.75) is 26.9 Å². The molecule has 0 saturated heterocycles. The summed E-state index contributed by atoms with van der Waals surface area (Å²) in [5, 5.41) is 0. The molecule has 0 N–H and O–H groups in total. The molecule has 1 unspecified atom stereocenters. The van der Waals surface area contributed by atoms with Crippen LogP contribution in [0.5, 0.6) is 0 Å². The number of hydrogen-bond acceptors (Lipinski definition) is 2. The highest BCUT2D eigenvalue weighted by Crippen LogP contribution is 2.19. The van der Waals surface area contributed by atoms with Crippen LogP contribution in [0.4, 0.5) is 0 Å². The Morgan fingerprint density at radius 2 is 2.18 bits per heavy atom. The van der Waals surface area contributed by atoms with Crippen LogP contribution in [0.3, 0.4) is 0 Å². The van der Waals surface area contributed by atoms with Gasteiger partial charge in [-0.2, -0.15) is 0 Å². The maximum Gasteiger partial charge on any atom is 0.225 e. The van der Waals surface area contributed by atoms with Crippen molar-refractivity contribution in [3.63, 3.8) is 0 Å². The number of amides is 1. The molecule has 0 aliphatic carbocycles. The van der Waals surface area contributed by atoms with Crippen molar-refractivity contribution in [3.8, 4) is 0 Å². The lowest BCUT2D eigenvalue weighted by Gasteiger charge is -2.25. The third-order valence-corrected chi connectivity index (χ3v) is 2.07. The zero-order valence-electron chi connectivity index (χ0n) is 7.46. The van der Waals surface area contributed by atoms with Crippen LogP contribution in [0.2, 0.25) is 0 Å². The topological polar surface area (TPSA) is 23.6 Å². The molecule has 1 rings (SSSR count). The first-order valence-electron chi connectivity index (χ1n) is 3.74. The molecular weight excluding hydrogens is 140 g/mol. The van der Waals surface area contributed by atoms with Crippen LogP contribution in [-0.4, -0.2) is 28.9 Å². The van der Waals surface area contributed by atoms with E-state index in [2.05, 4.69) is 0 Å². The van der Waals surface area contributed by atoms with Gasteiger partial charge in [0.25, 0.3) is 0 Å². The van der Waals surface area contributed by atoms with Gasteiger partial charge in [-0.15, -0.1) is 0 Å². The Bertz CT molecular complexity index is 210. The third-order valence-electron chi connectivity index (χ3n) is 2.07. The molecule has 3 nitrogen and oxygen atoms in total. The minimum Gasteiger partial charge on any atom is -0.359 e. The van der Waals surface area contributed by atoms with Gasteiger partial charge in [-0.1, -0.05) is 0 Å². The number of carbonyl (C=O) groups is 1. The molecule has 0 fully saturated rings. The maximum absolute atomic E-state index is 11.1. The predicted octanol–water partition coefficient (Wildman–Crippen LogP) is 0.988. The van der Waals surface area contributed by atoms with Gasteiger partial charge in [-0.05, 0) is 13.8 Å². The highest BCUT2D eigenvalue weighted by molar-refractivity contribution is 5.75. The Morgan fingerprint density at radius 3 is 2.36 bits per heavy atom. The number of nitrogens with zero attached hydrogens (tertiary/aromatic N) is 2. The molecule has 0 spiro atoms. The van der Waals surface area contributed by atoms with Gasteiger partial charge in [-0.3, -0.25) is 9.69 Å². The van der Waals surface area contributed by atoms with Crippen molar-refractivity contribution in [1.82, 2.24) is 9.80 Å². The first-order chi connectivity index (χ1) is 5.04. The standard InChI is InChI=1S/C8H14N2O/c1-6-5-9(4)7(2)10(6)8(3)11/h5,7H,1-4H3. The summed E-state index contributed by atoms with van der Waals surface area (Å²) in [5.74, 6) is 0.107. The monoisotopic (exact) mass is 154 g/mol. The largest absolute Gasteiger partial charge is 0.359 e. The second-order valence-electron chi connectivity index (χ2n) is 2.96. The van der Waals surface area contributed by atoms with Crippen LogP contribution in [0, 0.1) is 0 Å². The van der Waals surface area contributed by atoms with Crippen molar-refractivity contribution in [2.75, 3.05) is 7.05 Å². The fraction of sp³-hybridized carbons (Fsp3) is 0.625. The SMILES string of the molecule is CC(=O)N1C(C)=CN(C)C1C. The van der Waals surface area contributed by atoms with Crippen molar-refractivity contribution >= 4 is 5.91 Å². The Labute approximate surface area is 67.3 Å². The van der Waals surface area contributed by atoms with Gasteiger partial charge in [-0.25, -0.2) is 0 Å². The molecule has 1 heterocycles. The number of rotatable bonds is 0. The van der Waals surface area contributed by atoms with E-state index >= 15 is 0 Å². The molecule has 0 aromatic rings. The van der Waals surface area contributed by atoms with Gasteiger partial charge in [0.1, 0.15) is 6.17 Å². The molecule has 0 radical (unpaired) electrons. The summed E-state index contributed by atoms with van der Waals surface area (Å²) in [5.41, 5.74) is 1.02. The summed E-state index contributed by atoms with van der Waals surface area (Å²) in [7, 11) is 1.97. The summed E-state index contributed by atoms with van der Waals surface area (Å²) >= 11 is 0. The summed E-state index contributed by atoms with van der Waals surface area (Å²) in [6, 6.07) is 0. The number of carbonyl (C=O) groups excluding carboxylic acids is 1. The Morgan fingerprint density at radius 1 is 1.64 bits per heavy atom. The number of hydrogen-bond donors (Lipinski definition) is 0. The lowest BCUT2D eigenvalue weighted by molar-refractivity contribution is -0.129. The fourth-order valence-electron chi connectivity index (χ4n) is 1.45. The minimum atomic E-state index is 0.107. The Balaban J connectivity index is 2.83. The van der Waals surface area contributed by atoms with E-state index in [0.29, 0.717) is 0 Å². The lowest BCUT2D eigenvalue weighted by atomic mass is 10.4. The van der Waals surface area contributed by atoms with Crippen molar-refractivity contribution in [1.29, 1.82) is 0 Å². The van der Waals surface area contributed by atoms with Crippen molar-refractivity contribution in [3.05, 3.63) is 11.9 Å². The zero-order valence-corrected chi connectivity index (χ0v) is 7.46. The summed E-state index contributed by atoms with van der Waals surface area (Å²) < 4.78 is 0. The predicted molar refractivity (Wildman–Crippen MR) is 43.5 cm³/mol. The molecule has 3 heteroatoms. The van der Waals surface area contributed by atoms with Crippen LogP contribution in [-0.2, 0) is 4.79 Å². The van der Waals surface area contributed by atoms with E-state index in [-0.39, 0.29) is 12.1 Å². The van der Waals surface area contributed by atoms with Crippen LogP contribution in [0.25, 0.3) is 0 Å². The molecule has 1 amide bonds. The van der Waals surface area contributed by atoms with E-state index in [9.17, 15) is 4.79 Å². The highest BCUT2D eigenvalue weighted by Gasteiger charge is 2.26. The fourth-order valence-corrected chi connectivity index (χ4v) is 1.45. The van der Waals surface area contributed by atoms with Crippen LogP contribution in [0.1, 0.15) is 20.8 Å². The molecule has 1 aliphatic rings. The average Bonchev–Trinajstić information content (AvgIpc) is 2.07. The van der Waals surface area contributed by atoms with E-state index < -0.39 is 0 Å². The van der Waals surface area contributed by atoms with Gasteiger partial charge < -0.3 is 4.90 Å². The molecule has 0 saturated carbocycles. The minimum absolute atomic E-state index is 0.107. The third kappa shape index (κ3) is 1.23. The second kappa shape index (κ2) is 2.57. The summed E-state index contributed by atoms with van der Waals surface area (Å²) in [6.45, 7) is 5.54. The normalized spacial score (nSPS) is 24.0. The lowest BCUT2D eigenvalue weighted by Crippen LogP contribution is -2.37. The first kappa shape index (κ1) is 8.11. The van der Waals surface area contributed by atoms with Crippen LogP contribution >= 0.6 is 0 Å².